The third-order valence-electron chi connectivity index (χ3n) is 4.99. The van der Waals surface area contributed by atoms with Crippen LogP contribution in [0.2, 0.25) is 5.02 Å². The molecule has 1 aliphatic rings. The van der Waals surface area contributed by atoms with E-state index in [1.165, 1.54) is 0 Å². The van der Waals surface area contributed by atoms with Crippen LogP contribution in [0.4, 0.5) is 5.69 Å². The molecule has 0 spiro atoms. The second-order valence-electron chi connectivity index (χ2n) is 7.49. The van der Waals surface area contributed by atoms with Crippen LogP contribution in [0, 0.1) is 0 Å². The van der Waals surface area contributed by atoms with Crippen LogP contribution in [-0.4, -0.2) is 31.4 Å². The van der Waals surface area contributed by atoms with Crippen LogP contribution >= 0.6 is 11.6 Å². The molecule has 1 aliphatic carbocycles. The number of nitrogens with one attached hydrogen (secondary N) is 3. The number of hydrogen-bond acceptors (Lipinski definition) is 2. The number of rotatable bonds is 7. The topological polar surface area (TPSA) is 62.6 Å². The lowest BCUT2D eigenvalue weighted by Crippen LogP contribution is -3.08. The summed E-state index contributed by atoms with van der Waals surface area (Å²) in [6.45, 7) is 0.989. The first-order valence-corrected chi connectivity index (χ1v) is 10.1. The van der Waals surface area contributed by atoms with E-state index in [2.05, 4.69) is 10.6 Å². The lowest BCUT2D eigenvalue weighted by atomic mass is 10.1. The maximum atomic E-state index is 12.6. The van der Waals surface area contributed by atoms with Gasteiger partial charge >= 0.3 is 0 Å². The largest absolute Gasteiger partial charge is 0.349 e. The van der Waals surface area contributed by atoms with Gasteiger partial charge in [-0.05, 0) is 37.1 Å². The Labute approximate surface area is 171 Å². The van der Waals surface area contributed by atoms with Crippen molar-refractivity contribution in [3.63, 3.8) is 0 Å². The number of benzene rings is 2. The first-order valence-electron chi connectivity index (χ1n) is 9.77. The Balaban J connectivity index is 1.58. The summed E-state index contributed by atoms with van der Waals surface area (Å²) in [5.74, 6) is -0.247. The molecule has 2 amide bonds. The molecule has 0 heterocycles. The number of likely N-dealkylation sites (N-methyl/N-ethyl adjacent to an activating group) is 1. The van der Waals surface area contributed by atoms with Crippen LogP contribution in [0.5, 0.6) is 0 Å². The summed E-state index contributed by atoms with van der Waals surface area (Å²) in [5, 5.41) is 6.67. The molecule has 1 unspecified atom stereocenters. The van der Waals surface area contributed by atoms with Gasteiger partial charge < -0.3 is 15.5 Å². The summed E-state index contributed by atoms with van der Waals surface area (Å²) >= 11 is 6.02. The minimum atomic E-state index is -0.124. The molecule has 6 heteroatoms. The molecular weight excluding hydrogens is 374 g/mol. The number of para-hydroxylation sites is 1. The van der Waals surface area contributed by atoms with E-state index in [9.17, 15) is 9.59 Å². The average Bonchev–Trinajstić information content (AvgIpc) is 3.14. The van der Waals surface area contributed by atoms with Crippen molar-refractivity contribution in [1.29, 1.82) is 0 Å². The van der Waals surface area contributed by atoms with Gasteiger partial charge in [-0.25, -0.2) is 0 Å². The van der Waals surface area contributed by atoms with Crippen molar-refractivity contribution in [2.24, 2.45) is 0 Å². The molecule has 1 atom stereocenters. The van der Waals surface area contributed by atoms with Crippen molar-refractivity contribution >= 4 is 29.1 Å². The Morgan fingerprint density at radius 1 is 1.11 bits per heavy atom. The number of amides is 2. The summed E-state index contributed by atoms with van der Waals surface area (Å²) in [6, 6.07) is 15.0. The van der Waals surface area contributed by atoms with E-state index in [4.69, 9.17) is 11.6 Å². The second kappa shape index (κ2) is 9.71. The number of quaternary nitrogens is 1. The van der Waals surface area contributed by atoms with Crippen LogP contribution < -0.4 is 15.5 Å². The maximum Gasteiger partial charge on any atom is 0.279 e. The van der Waals surface area contributed by atoms with Gasteiger partial charge in [0.2, 0.25) is 0 Å². The van der Waals surface area contributed by atoms with Gasteiger partial charge in [0.15, 0.2) is 6.54 Å². The van der Waals surface area contributed by atoms with Crippen LogP contribution in [0.25, 0.3) is 0 Å². The Morgan fingerprint density at radius 3 is 2.61 bits per heavy atom. The normalized spacial score (nSPS) is 15.2. The summed E-state index contributed by atoms with van der Waals surface area (Å²) in [6.07, 6.45) is 4.37. The molecular formula is C22H27ClN3O2+. The van der Waals surface area contributed by atoms with Gasteiger partial charge in [0.05, 0.1) is 18.3 Å². The first-order chi connectivity index (χ1) is 13.5. The fourth-order valence-electron chi connectivity index (χ4n) is 3.65. The average molecular weight is 401 g/mol. The standard InChI is InChI=1S/C22H26ClN3O2/c1-26(14-16-7-6-8-17(23)13-16)15-21(27)25-20-12-5-4-11-19(20)22(28)24-18-9-2-3-10-18/h4-8,11-13,18H,2-3,9-10,14-15H2,1H3,(H,24,28)(H,25,27)/p+1. The highest BCUT2D eigenvalue weighted by Gasteiger charge is 2.20. The summed E-state index contributed by atoms with van der Waals surface area (Å²) in [7, 11) is 1.96. The molecule has 5 nitrogen and oxygen atoms in total. The molecule has 0 bridgehead atoms. The Morgan fingerprint density at radius 2 is 1.86 bits per heavy atom. The van der Waals surface area contributed by atoms with Crippen LogP contribution in [-0.2, 0) is 11.3 Å². The first kappa shape index (κ1) is 20.4. The highest BCUT2D eigenvalue weighted by atomic mass is 35.5. The number of anilines is 1. The van der Waals surface area contributed by atoms with E-state index in [1.807, 2.05) is 43.4 Å². The van der Waals surface area contributed by atoms with E-state index in [0.29, 0.717) is 29.4 Å². The summed E-state index contributed by atoms with van der Waals surface area (Å²) in [5.41, 5.74) is 2.14. The molecule has 3 N–H and O–H groups in total. The fraction of sp³-hybridized carbons (Fsp3) is 0.364. The quantitative estimate of drug-likeness (QED) is 0.669. The number of hydrogen-bond donors (Lipinski definition) is 3. The van der Waals surface area contributed by atoms with Gasteiger partial charge in [-0.1, -0.05) is 48.7 Å². The smallest absolute Gasteiger partial charge is 0.279 e. The highest BCUT2D eigenvalue weighted by molar-refractivity contribution is 6.30. The molecule has 3 rings (SSSR count). The zero-order valence-electron chi connectivity index (χ0n) is 16.1. The predicted octanol–water partition coefficient (Wildman–Crippen LogP) is 2.67. The summed E-state index contributed by atoms with van der Waals surface area (Å²) in [4.78, 5) is 26.2. The molecule has 28 heavy (non-hydrogen) atoms. The third kappa shape index (κ3) is 5.81. The predicted molar refractivity (Wildman–Crippen MR) is 112 cm³/mol. The SMILES string of the molecule is C[NH+](CC(=O)Nc1ccccc1C(=O)NC1CCCC1)Cc1cccc(Cl)c1. The van der Waals surface area contributed by atoms with E-state index in [1.54, 1.807) is 12.1 Å². The van der Waals surface area contributed by atoms with Crippen LogP contribution in [0.3, 0.4) is 0 Å². The lowest BCUT2D eigenvalue weighted by Gasteiger charge is -2.16. The van der Waals surface area contributed by atoms with E-state index >= 15 is 0 Å². The van der Waals surface area contributed by atoms with E-state index in [0.717, 1.165) is 36.1 Å². The van der Waals surface area contributed by atoms with Crippen molar-refractivity contribution in [1.82, 2.24) is 5.32 Å². The van der Waals surface area contributed by atoms with Gasteiger partial charge in [-0.15, -0.1) is 0 Å². The maximum absolute atomic E-state index is 12.6. The molecule has 0 saturated heterocycles. The van der Waals surface area contributed by atoms with Gasteiger partial charge in [0.25, 0.3) is 11.8 Å². The monoisotopic (exact) mass is 400 g/mol. The fourth-order valence-corrected chi connectivity index (χ4v) is 3.86. The molecule has 1 saturated carbocycles. The number of carbonyl (C=O) groups is 2. The van der Waals surface area contributed by atoms with Crippen molar-refractivity contribution in [2.75, 3.05) is 18.9 Å². The van der Waals surface area contributed by atoms with Crippen LogP contribution in [0.15, 0.2) is 48.5 Å². The summed E-state index contributed by atoms with van der Waals surface area (Å²) < 4.78 is 0. The zero-order valence-corrected chi connectivity index (χ0v) is 16.9. The third-order valence-corrected chi connectivity index (χ3v) is 5.23. The van der Waals surface area contributed by atoms with Crippen LogP contribution in [0.1, 0.15) is 41.6 Å². The van der Waals surface area contributed by atoms with E-state index < -0.39 is 0 Å². The van der Waals surface area contributed by atoms with E-state index in [-0.39, 0.29) is 17.9 Å². The lowest BCUT2D eigenvalue weighted by molar-refractivity contribution is -0.885. The van der Waals surface area contributed by atoms with Gasteiger partial charge in [0, 0.05) is 16.6 Å². The Hall–Kier alpha value is -2.37. The minimum Gasteiger partial charge on any atom is -0.349 e. The molecule has 148 valence electrons. The Bertz CT molecular complexity index is 834. The van der Waals surface area contributed by atoms with Gasteiger partial charge in [0.1, 0.15) is 6.54 Å². The number of halogens is 1. The molecule has 1 fully saturated rings. The van der Waals surface area contributed by atoms with Crippen molar-refractivity contribution in [3.05, 3.63) is 64.7 Å². The minimum absolute atomic E-state index is 0.123. The van der Waals surface area contributed by atoms with Gasteiger partial charge in [-0.3, -0.25) is 9.59 Å². The van der Waals surface area contributed by atoms with Crippen molar-refractivity contribution in [2.45, 2.75) is 38.3 Å². The van der Waals surface area contributed by atoms with Crippen molar-refractivity contribution < 1.29 is 14.5 Å². The molecule has 0 radical (unpaired) electrons. The molecule has 0 aromatic heterocycles. The van der Waals surface area contributed by atoms with Crippen molar-refractivity contribution in [3.8, 4) is 0 Å². The Kier molecular flexibility index (Phi) is 7.06. The van der Waals surface area contributed by atoms with Gasteiger partial charge in [-0.2, -0.15) is 0 Å². The zero-order chi connectivity index (χ0) is 19.9. The number of carbonyl (C=O) groups excluding carboxylic acids is 2. The molecule has 0 aliphatic heterocycles. The second-order valence-corrected chi connectivity index (χ2v) is 7.93. The highest BCUT2D eigenvalue weighted by Crippen LogP contribution is 2.20. The molecule has 2 aromatic carbocycles. The molecule has 2 aromatic rings.